The minimum absolute atomic E-state index is 0.314. The van der Waals surface area contributed by atoms with Crippen LogP contribution in [-0.4, -0.2) is 36.4 Å². The fourth-order valence-corrected chi connectivity index (χ4v) is 3.36. The number of anilines is 1. The first-order chi connectivity index (χ1) is 16.5. The molecular weight excluding hydrogens is 450 g/mol. The molecule has 3 aromatic carbocycles. The Morgan fingerprint density at radius 1 is 1.09 bits per heavy atom. The third kappa shape index (κ3) is 5.82. The SMILES string of the molecule is CN(C)c1ccc(/C=N/NC(=O)c2cc(-c3ccc(OCc4ccccc4Cl)cc3)n[nH]2)cc1. The molecule has 0 aliphatic heterocycles. The summed E-state index contributed by atoms with van der Waals surface area (Å²) < 4.78 is 5.81. The van der Waals surface area contributed by atoms with E-state index in [2.05, 4.69) is 20.7 Å². The van der Waals surface area contributed by atoms with Gasteiger partial charge in [-0.1, -0.05) is 41.9 Å². The number of hydrazone groups is 1. The molecule has 7 nitrogen and oxygen atoms in total. The predicted octanol–water partition coefficient (Wildman–Crippen LogP) is 5.14. The zero-order chi connectivity index (χ0) is 23.9. The Balaban J connectivity index is 1.33. The highest BCUT2D eigenvalue weighted by Gasteiger charge is 2.11. The van der Waals surface area contributed by atoms with Crippen LogP contribution in [0, 0.1) is 0 Å². The summed E-state index contributed by atoms with van der Waals surface area (Å²) in [6.45, 7) is 0.381. The first-order valence-corrected chi connectivity index (χ1v) is 11.0. The molecule has 172 valence electrons. The highest BCUT2D eigenvalue weighted by molar-refractivity contribution is 6.31. The van der Waals surface area contributed by atoms with E-state index in [4.69, 9.17) is 16.3 Å². The summed E-state index contributed by atoms with van der Waals surface area (Å²) in [6.07, 6.45) is 1.59. The molecule has 34 heavy (non-hydrogen) atoms. The quantitative estimate of drug-likeness (QED) is 0.274. The molecule has 0 radical (unpaired) electrons. The number of H-pyrrole nitrogens is 1. The lowest BCUT2D eigenvalue weighted by atomic mass is 10.1. The molecule has 0 aliphatic rings. The van der Waals surface area contributed by atoms with E-state index in [0.717, 1.165) is 22.4 Å². The average Bonchev–Trinajstić information content (AvgIpc) is 3.35. The summed E-state index contributed by atoms with van der Waals surface area (Å²) in [5, 5.41) is 11.7. The molecule has 4 aromatic rings. The second-order valence-corrected chi connectivity index (χ2v) is 8.16. The van der Waals surface area contributed by atoms with Gasteiger partial charge >= 0.3 is 0 Å². The van der Waals surface area contributed by atoms with Gasteiger partial charge in [-0.3, -0.25) is 9.89 Å². The molecule has 1 amide bonds. The van der Waals surface area contributed by atoms with Gasteiger partial charge in [0.05, 0.1) is 11.9 Å². The second kappa shape index (κ2) is 10.7. The largest absolute Gasteiger partial charge is 0.489 e. The standard InChI is InChI=1S/C26H24ClN5O2/c1-32(2)21-11-7-18(8-12-21)16-28-31-26(33)25-15-24(29-30-25)19-9-13-22(14-10-19)34-17-20-5-3-4-6-23(20)27/h3-16H,17H2,1-2H3,(H,29,30)(H,31,33)/b28-16+. The Hall–Kier alpha value is -4.10. The van der Waals surface area contributed by atoms with Crippen LogP contribution in [0.2, 0.25) is 5.02 Å². The van der Waals surface area contributed by atoms with Crippen molar-refractivity contribution in [2.75, 3.05) is 19.0 Å². The smallest absolute Gasteiger partial charge is 0.289 e. The fraction of sp³-hybridized carbons (Fsp3) is 0.115. The number of carbonyl (C=O) groups excluding carboxylic acids is 1. The lowest BCUT2D eigenvalue weighted by Gasteiger charge is -2.11. The van der Waals surface area contributed by atoms with Gasteiger partial charge in [0.15, 0.2) is 0 Å². The van der Waals surface area contributed by atoms with Crippen molar-refractivity contribution in [1.82, 2.24) is 15.6 Å². The molecule has 1 heterocycles. The van der Waals surface area contributed by atoms with Crippen molar-refractivity contribution < 1.29 is 9.53 Å². The Labute approximate surface area is 203 Å². The second-order valence-electron chi connectivity index (χ2n) is 7.76. The number of benzene rings is 3. The van der Waals surface area contributed by atoms with Crippen molar-refractivity contribution >= 4 is 29.4 Å². The Morgan fingerprint density at radius 2 is 1.82 bits per heavy atom. The third-order valence-electron chi connectivity index (χ3n) is 5.11. The maximum absolute atomic E-state index is 12.4. The highest BCUT2D eigenvalue weighted by Crippen LogP contribution is 2.23. The minimum atomic E-state index is -0.375. The summed E-state index contributed by atoms with van der Waals surface area (Å²) >= 11 is 6.17. The number of halogens is 1. The molecule has 4 rings (SSSR count). The Bertz CT molecular complexity index is 1280. The van der Waals surface area contributed by atoms with Crippen LogP contribution in [0.25, 0.3) is 11.3 Å². The molecule has 2 N–H and O–H groups in total. The van der Waals surface area contributed by atoms with E-state index in [1.54, 1.807) is 12.3 Å². The number of rotatable bonds is 8. The summed E-state index contributed by atoms with van der Waals surface area (Å²) in [6, 6.07) is 24.6. The van der Waals surface area contributed by atoms with Gasteiger partial charge in [-0.05, 0) is 54.1 Å². The number of aromatic amines is 1. The van der Waals surface area contributed by atoms with E-state index >= 15 is 0 Å². The van der Waals surface area contributed by atoms with E-state index in [0.29, 0.717) is 28.8 Å². The van der Waals surface area contributed by atoms with Gasteiger partial charge in [0.1, 0.15) is 18.1 Å². The molecule has 0 saturated heterocycles. The highest BCUT2D eigenvalue weighted by atomic mass is 35.5. The number of ether oxygens (including phenoxy) is 1. The van der Waals surface area contributed by atoms with Crippen LogP contribution >= 0.6 is 11.6 Å². The number of nitrogens with zero attached hydrogens (tertiary/aromatic N) is 3. The van der Waals surface area contributed by atoms with Gasteiger partial charge in [-0.2, -0.15) is 10.2 Å². The van der Waals surface area contributed by atoms with E-state index in [1.807, 2.05) is 91.8 Å². The van der Waals surface area contributed by atoms with Crippen LogP contribution in [0.15, 0.2) is 84.0 Å². The molecular formula is C26H24ClN5O2. The Kier molecular flexibility index (Phi) is 7.25. The maximum atomic E-state index is 12.4. The normalized spacial score (nSPS) is 10.9. The van der Waals surface area contributed by atoms with E-state index < -0.39 is 0 Å². The molecule has 0 spiro atoms. The van der Waals surface area contributed by atoms with Crippen LogP contribution in [0.3, 0.4) is 0 Å². The van der Waals surface area contributed by atoms with Crippen LogP contribution < -0.4 is 15.1 Å². The molecule has 0 bridgehead atoms. The van der Waals surface area contributed by atoms with Gasteiger partial charge in [0.2, 0.25) is 0 Å². The molecule has 8 heteroatoms. The minimum Gasteiger partial charge on any atom is -0.489 e. The van der Waals surface area contributed by atoms with Crippen LogP contribution in [0.4, 0.5) is 5.69 Å². The lowest BCUT2D eigenvalue weighted by molar-refractivity contribution is 0.0950. The first-order valence-electron chi connectivity index (χ1n) is 10.6. The topological polar surface area (TPSA) is 82.6 Å². The van der Waals surface area contributed by atoms with Gasteiger partial charge in [0, 0.05) is 35.9 Å². The van der Waals surface area contributed by atoms with Gasteiger partial charge in [-0.25, -0.2) is 5.43 Å². The van der Waals surface area contributed by atoms with Gasteiger partial charge in [-0.15, -0.1) is 0 Å². The fourth-order valence-electron chi connectivity index (χ4n) is 3.17. The third-order valence-corrected chi connectivity index (χ3v) is 5.48. The number of hydrogen-bond acceptors (Lipinski definition) is 5. The van der Waals surface area contributed by atoms with Crippen molar-refractivity contribution in [3.05, 3.63) is 101 Å². The first kappa shape index (κ1) is 23.1. The summed E-state index contributed by atoms with van der Waals surface area (Å²) in [5.74, 6) is 0.338. The van der Waals surface area contributed by atoms with Crippen molar-refractivity contribution in [1.29, 1.82) is 0 Å². The predicted molar refractivity (Wildman–Crippen MR) is 136 cm³/mol. The number of amides is 1. The zero-order valence-corrected chi connectivity index (χ0v) is 19.6. The van der Waals surface area contributed by atoms with Crippen LogP contribution in [-0.2, 0) is 6.61 Å². The van der Waals surface area contributed by atoms with Crippen molar-refractivity contribution in [2.45, 2.75) is 6.61 Å². The van der Waals surface area contributed by atoms with Crippen LogP contribution in [0.1, 0.15) is 21.6 Å². The van der Waals surface area contributed by atoms with E-state index in [-0.39, 0.29) is 5.91 Å². The maximum Gasteiger partial charge on any atom is 0.289 e. The van der Waals surface area contributed by atoms with Crippen molar-refractivity contribution in [2.24, 2.45) is 5.10 Å². The molecule has 0 saturated carbocycles. The number of aromatic nitrogens is 2. The summed E-state index contributed by atoms with van der Waals surface area (Å²) in [5.41, 5.74) is 7.22. The number of carbonyl (C=O) groups is 1. The Morgan fingerprint density at radius 3 is 2.53 bits per heavy atom. The average molecular weight is 474 g/mol. The van der Waals surface area contributed by atoms with Crippen molar-refractivity contribution in [3.8, 4) is 17.0 Å². The monoisotopic (exact) mass is 473 g/mol. The number of nitrogens with one attached hydrogen (secondary N) is 2. The van der Waals surface area contributed by atoms with Crippen molar-refractivity contribution in [3.63, 3.8) is 0 Å². The molecule has 0 aliphatic carbocycles. The van der Waals surface area contributed by atoms with Crippen LogP contribution in [0.5, 0.6) is 5.75 Å². The summed E-state index contributed by atoms with van der Waals surface area (Å²) in [7, 11) is 3.96. The molecule has 1 aromatic heterocycles. The molecule has 0 atom stereocenters. The molecule has 0 fully saturated rings. The molecule has 0 unspecified atom stereocenters. The lowest BCUT2D eigenvalue weighted by Crippen LogP contribution is -2.18. The van der Waals surface area contributed by atoms with Gasteiger partial charge < -0.3 is 9.64 Å². The van der Waals surface area contributed by atoms with E-state index in [1.165, 1.54) is 0 Å². The number of hydrogen-bond donors (Lipinski definition) is 2. The zero-order valence-electron chi connectivity index (χ0n) is 18.8. The van der Waals surface area contributed by atoms with Gasteiger partial charge in [0.25, 0.3) is 5.91 Å². The summed E-state index contributed by atoms with van der Waals surface area (Å²) in [4.78, 5) is 14.4. The van der Waals surface area contributed by atoms with E-state index in [9.17, 15) is 4.79 Å².